The van der Waals surface area contributed by atoms with Gasteiger partial charge in [-0.1, -0.05) is 30.3 Å². The van der Waals surface area contributed by atoms with E-state index in [1.807, 2.05) is 31.7 Å². The molecule has 4 heterocycles. The minimum atomic E-state index is -2.36. The first kappa shape index (κ1) is 29.4. The molecular weight excluding hydrogens is 530 g/mol. The van der Waals surface area contributed by atoms with Crippen molar-refractivity contribution in [2.24, 2.45) is 0 Å². The number of nitrogens with zero attached hydrogens (tertiary/aromatic N) is 6. The number of likely N-dealkylation sites (tertiary alicyclic amines) is 1. The van der Waals surface area contributed by atoms with Gasteiger partial charge in [0.05, 0.1) is 12.2 Å². The van der Waals surface area contributed by atoms with Gasteiger partial charge in [0.1, 0.15) is 18.0 Å². The maximum atomic E-state index is 13.1. The van der Waals surface area contributed by atoms with Crippen LogP contribution in [0.3, 0.4) is 0 Å². The van der Waals surface area contributed by atoms with E-state index in [0.29, 0.717) is 45.3 Å². The van der Waals surface area contributed by atoms with E-state index in [1.165, 1.54) is 5.56 Å². The second-order valence-electron chi connectivity index (χ2n) is 12.1. The van der Waals surface area contributed by atoms with E-state index in [1.54, 1.807) is 4.90 Å². The van der Waals surface area contributed by atoms with Crippen molar-refractivity contribution in [3.8, 4) is 6.01 Å². The number of anilines is 1. The Morgan fingerprint density at radius 1 is 1.05 bits per heavy atom. The first-order valence-corrected chi connectivity index (χ1v) is 14.7. The van der Waals surface area contributed by atoms with E-state index < -0.39 is 12.0 Å². The van der Waals surface area contributed by atoms with Crippen molar-refractivity contribution in [2.45, 2.75) is 71.2 Å². The largest absolute Gasteiger partial charge is 0.462 e. The highest BCUT2D eigenvalue weighted by Gasteiger charge is 2.31. The number of benzene rings is 1. The van der Waals surface area contributed by atoms with Gasteiger partial charge >= 0.3 is 12.1 Å². The molecule has 1 amide bonds. The molecule has 5 rings (SSSR count). The van der Waals surface area contributed by atoms with Crippen LogP contribution in [0.15, 0.2) is 30.3 Å². The number of rotatable bonds is 8. The van der Waals surface area contributed by atoms with Crippen molar-refractivity contribution in [3.63, 3.8) is 0 Å². The Morgan fingerprint density at radius 2 is 1.80 bits per heavy atom. The minimum Gasteiger partial charge on any atom is -0.462 e. The number of halogens is 2. The van der Waals surface area contributed by atoms with Crippen LogP contribution in [0.4, 0.5) is 19.4 Å². The molecule has 2 fully saturated rings. The zero-order valence-corrected chi connectivity index (χ0v) is 24.4. The summed E-state index contributed by atoms with van der Waals surface area (Å²) < 4.78 is 37.8. The molecule has 1 aromatic heterocycles. The number of carbonyl (C=O) groups is 1. The van der Waals surface area contributed by atoms with E-state index in [0.717, 1.165) is 49.4 Å². The summed E-state index contributed by atoms with van der Waals surface area (Å²) in [6.07, 6.45) is -0.144. The number of fused-ring (bicyclic) bond motifs is 1. The molecule has 2 saturated heterocycles. The van der Waals surface area contributed by atoms with Crippen molar-refractivity contribution in [1.29, 1.82) is 0 Å². The number of hydrogen-bond donors (Lipinski definition) is 0. The molecule has 0 bridgehead atoms. The van der Waals surface area contributed by atoms with E-state index >= 15 is 0 Å². The molecule has 11 heteroatoms. The smallest absolute Gasteiger partial charge is 0.410 e. The van der Waals surface area contributed by atoms with Gasteiger partial charge in [0.25, 0.3) is 6.43 Å². The van der Waals surface area contributed by atoms with Gasteiger partial charge in [0.2, 0.25) is 0 Å². The number of aromatic nitrogens is 2. The van der Waals surface area contributed by atoms with Crippen LogP contribution in [0.25, 0.3) is 0 Å². The molecule has 0 N–H and O–H groups in total. The monoisotopic (exact) mass is 572 g/mol. The van der Waals surface area contributed by atoms with Crippen molar-refractivity contribution in [3.05, 3.63) is 47.2 Å². The minimum absolute atomic E-state index is 0.0703. The topological polar surface area (TPSA) is 74.3 Å². The van der Waals surface area contributed by atoms with Crippen molar-refractivity contribution in [1.82, 2.24) is 24.7 Å². The molecule has 1 atom stereocenters. The van der Waals surface area contributed by atoms with Crippen LogP contribution < -0.4 is 9.64 Å². The third-order valence-corrected chi connectivity index (χ3v) is 7.86. The van der Waals surface area contributed by atoms with E-state index in [2.05, 4.69) is 34.1 Å². The van der Waals surface area contributed by atoms with Gasteiger partial charge in [-0.15, -0.1) is 0 Å². The van der Waals surface area contributed by atoms with Crippen molar-refractivity contribution >= 4 is 11.9 Å². The third-order valence-electron chi connectivity index (χ3n) is 7.86. The van der Waals surface area contributed by atoms with E-state index in [-0.39, 0.29) is 25.3 Å². The van der Waals surface area contributed by atoms with Crippen molar-refractivity contribution < 1.29 is 23.0 Å². The second-order valence-corrected chi connectivity index (χ2v) is 12.1. The fraction of sp³-hybridized carbons (Fsp3) is 0.633. The molecule has 0 unspecified atom stereocenters. The molecule has 0 radical (unpaired) electrons. The number of carbonyl (C=O) groups excluding carboxylic acids is 1. The molecule has 3 aliphatic heterocycles. The normalized spacial score (nSPS) is 20.4. The summed E-state index contributed by atoms with van der Waals surface area (Å²) in [5.41, 5.74) is 2.77. The summed E-state index contributed by atoms with van der Waals surface area (Å²) in [7, 11) is 0. The summed E-state index contributed by atoms with van der Waals surface area (Å²) in [6.45, 7) is 11.0. The predicted molar refractivity (Wildman–Crippen MR) is 152 cm³/mol. The van der Waals surface area contributed by atoms with Crippen LogP contribution in [0.5, 0.6) is 6.01 Å². The lowest BCUT2D eigenvalue weighted by Crippen LogP contribution is -2.50. The molecule has 1 aromatic carbocycles. The summed E-state index contributed by atoms with van der Waals surface area (Å²) in [4.78, 5) is 30.5. The summed E-state index contributed by atoms with van der Waals surface area (Å²) >= 11 is 0. The van der Waals surface area contributed by atoms with Gasteiger partial charge < -0.3 is 19.3 Å². The molecule has 0 aliphatic carbocycles. The fourth-order valence-corrected chi connectivity index (χ4v) is 5.84. The molecule has 41 heavy (non-hydrogen) atoms. The first-order valence-electron chi connectivity index (χ1n) is 14.7. The molecule has 9 nitrogen and oxygen atoms in total. The van der Waals surface area contributed by atoms with Gasteiger partial charge in [-0.3, -0.25) is 9.80 Å². The Kier molecular flexibility index (Phi) is 9.23. The van der Waals surface area contributed by atoms with Crippen LogP contribution in [-0.4, -0.2) is 101 Å². The Hall–Kier alpha value is -3.05. The lowest BCUT2D eigenvalue weighted by atomic mass is 10.0. The summed E-state index contributed by atoms with van der Waals surface area (Å²) in [6, 6.07) is 10.6. The van der Waals surface area contributed by atoms with Gasteiger partial charge in [-0.25, -0.2) is 13.6 Å². The highest BCUT2D eigenvalue weighted by molar-refractivity contribution is 5.68. The maximum Gasteiger partial charge on any atom is 0.410 e. The van der Waals surface area contributed by atoms with E-state index in [4.69, 9.17) is 19.4 Å². The highest BCUT2D eigenvalue weighted by Crippen LogP contribution is 2.30. The molecule has 0 spiro atoms. The Labute approximate surface area is 241 Å². The predicted octanol–water partition coefficient (Wildman–Crippen LogP) is 4.20. The lowest BCUT2D eigenvalue weighted by molar-refractivity contribution is 0.0240. The Morgan fingerprint density at radius 3 is 2.51 bits per heavy atom. The maximum absolute atomic E-state index is 13.1. The Bertz CT molecular complexity index is 1170. The summed E-state index contributed by atoms with van der Waals surface area (Å²) in [5.74, 6) is 0.851. The molecule has 3 aliphatic rings. The number of hydrogen-bond acceptors (Lipinski definition) is 8. The van der Waals surface area contributed by atoms with Gasteiger partial charge in [-0.05, 0) is 52.1 Å². The van der Waals surface area contributed by atoms with Crippen LogP contribution in [0.1, 0.15) is 50.4 Å². The first-order chi connectivity index (χ1) is 19.6. The van der Waals surface area contributed by atoms with Crippen LogP contribution >= 0.6 is 0 Å². The standard InChI is InChI=1S/C30H42F2N6O3/c1-30(2,3)41-29(39)37-16-14-36(15-17-37)27-24-11-13-35(18-22-8-5-4-6-9-22)19-25(24)33-28(34-27)40-21-23-10-7-12-38(23)20-26(31)32/h4-6,8-9,23,26H,7,10-21H2,1-3H3/t23-/m0/s1. The van der Waals surface area contributed by atoms with Crippen LogP contribution in [0, 0.1) is 0 Å². The highest BCUT2D eigenvalue weighted by atomic mass is 19.3. The number of alkyl halides is 2. The fourth-order valence-electron chi connectivity index (χ4n) is 5.84. The second kappa shape index (κ2) is 12.9. The average molecular weight is 573 g/mol. The average Bonchev–Trinajstić information content (AvgIpc) is 3.37. The van der Waals surface area contributed by atoms with Crippen LogP contribution in [0.2, 0.25) is 0 Å². The quantitative estimate of drug-likeness (QED) is 0.466. The number of amides is 1. The molecule has 224 valence electrons. The van der Waals surface area contributed by atoms with Gasteiger partial charge in [0.15, 0.2) is 0 Å². The van der Waals surface area contributed by atoms with Gasteiger partial charge in [-0.2, -0.15) is 9.97 Å². The Balaban J connectivity index is 1.32. The SMILES string of the molecule is CC(C)(C)OC(=O)N1CCN(c2nc(OC[C@@H]3CCCN3CC(F)F)nc3c2CCN(Cc2ccccc2)C3)CC1. The summed E-state index contributed by atoms with van der Waals surface area (Å²) in [5, 5.41) is 0. The van der Waals surface area contributed by atoms with Crippen LogP contribution in [-0.2, 0) is 24.2 Å². The zero-order valence-electron chi connectivity index (χ0n) is 24.4. The number of piperazine rings is 1. The van der Waals surface area contributed by atoms with Crippen molar-refractivity contribution in [2.75, 3.05) is 57.3 Å². The van der Waals surface area contributed by atoms with E-state index in [9.17, 15) is 13.6 Å². The zero-order chi connectivity index (χ0) is 29.0. The third kappa shape index (κ3) is 7.82. The molecular formula is C30H42F2N6O3. The lowest BCUT2D eigenvalue weighted by Gasteiger charge is -2.38. The number of ether oxygens (including phenoxy) is 2. The van der Waals surface area contributed by atoms with Gasteiger partial charge in [0, 0.05) is 57.4 Å². The molecule has 2 aromatic rings. The molecule has 0 saturated carbocycles.